The quantitative estimate of drug-likeness (QED) is 0.922. The summed E-state index contributed by atoms with van der Waals surface area (Å²) in [5.74, 6) is -0.933. The molecule has 0 amide bonds. The van der Waals surface area contributed by atoms with Gasteiger partial charge in [0.15, 0.2) is 0 Å². The monoisotopic (exact) mass is 273 g/mol. The van der Waals surface area contributed by atoms with E-state index in [1.54, 1.807) is 19.2 Å². The van der Waals surface area contributed by atoms with E-state index in [1.165, 1.54) is 22.9 Å². The van der Waals surface area contributed by atoms with Crippen LogP contribution in [0.4, 0.5) is 0 Å². The molecular weight excluding hydrogens is 258 g/mol. The molecule has 1 N–H and O–H groups in total. The average Bonchev–Trinajstić information content (AvgIpc) is 2.33. The van der Waals surface area contributed by atoms with Crippen molar-refractivity contribution in [2.24, 2.45) is 0 Å². The maximum atomic E-state index is 11.3. The van der Waals surface area contributed by atoms with Gasteiger partial charge in [0.2, 0.25) is 0 Å². The lowest BCUT2D eigenvalue weighted by Crippen LogP contribution is -2.03. The number of aryl methyl sites for hydroxylation is 3. The standard InChI is InChI=1S/C15H15NO2S/c1-9-4-5-12(8-11(9)3)19-14-13(15(17)18)10(2)6-7-16-14/h4-8H,1-3H3,(H,17,18). The van der Waals surface area contributed by atoms with E-state index in [0.29, 0.717) is 5.03 Å². The van der Waals surface area contributed by atoms with Crippen LogP contribution in [0.15, 0.2) is 40.4 Å². The molecule has 0 saturated heterocycles. The summed E-state index contributed by atoms with van der Waals surface area (Å²) in [6.07, 6.45) is 1.64. The summed E-state index contributed by atoms with van der Waals surface area (Å²) >= 11 is 1.39. The molecule has 19 heavy (non-hydrogen) atoms. The molecule has 0 fully saturated rings. The van der Waals surface area contributed by atoms with E-state index >= 15 is 0 Å². The summed E-state index contributed by atoms with van der Waals surface area (Å²) < 4.78 is 0. The predicted octanol–water partition coefficient (Wildman–Crippen LogP) is 3.86. The van der Waals surface area contributed by atoms with Crippen LogP contribution in [0.5, 0.6) is 0 Å². The highest BCUT2D eigenvalue weighted by atomic mass is 32.2. The van der Waals surface area contributed by atoms with Gasteiger partial charge < -0.3 is 5.11 Å². The largest absolute Gasteiger partial charge is 0.478 e. The Balaban J connectivity index is 2.40. The third kappa shape index (κ3) is 2.96. The van der Waals surface area contributed by atoms with Crippen molar-refractivity contribution in [2.45, 2.75) is 30.7 Å². The number of pyridine rings is 1. The maximum absolute atomic E-state index is 11.3. The molecule has 98 valence electrons. The predicted molar refractivity (Wildman–Crippen MR) is 76.0 cm³/mol. The minimum Gasteiger partial charge on any atom is -0.478 e. The lowest BCUT2D eigenvalue weighted by molar-refractivity contribution is 0.0691. The molecule has 0 bridgehead atoms. The van der Waals surface area contributed by atoms with Gasteiger partial charge in [-0.25, -0.2) is 9.78 Å². The summed E-state index contributed by atoms with van der Waals surface area (Å²) in [4.78, 5) is 16.5. The Morgan fingerprint density at radius 1 is 1.11 bits per heavy atom. The Labute approximate surface area is 116 Å². The van der Waals surface area contributed by atoms with Crippen LogP contribution >= 0.6 is 11.8 Å². The van der Waals surface area contributed by atoms with Crippen molar-refractivity contribution in [1.29, 1.82) is 0 Å². The van der Waals surface area contributed by atoms with Crippen molar-refractivity contribution < 1.29 is 9.90 Å². The third-order valence-electron chi connectivity index (χ3n) is 3.03. The Morgan fingerprint density at radius 3 is 2.47 bits per heavy atom. The van der Waals surface area contributed by atoms with E-state index in [4.69, 9.17) is 0 Å². The van der Waals surface area contributed by atoms with E-state index in [9.17, 15) is 9.90 Å². The Morgan fingerprint density at radius 2 is 1.84 bits per heavy atom. The molecule has 3 nitrogen and oxygen atoms in total. The van der Waals surface area contributed by atoms with Crippen LogP contribution in [-0.4, -0.2) is 16.1 Å². The highest BCUT2D eigenvalue weighted by Crippen LogP contribution is 2.31. The Hall–Kier alpha value is -1.81. The smallest absolute Gasteiger partial charge is 0.338 e. The van der Waals surface area contributed by atoms with Gasteiger partial charge in [-0.2, -0.15) is 0 Å². The molecule has 0 saturated carbocycles. The van der Waals surface area contributed by atoms with Gasteiger partial charge in [-0.05, 0) is 55.7 Å². The number of aromatic carboxylic acids is 1. The summed E-state index contributed by atoms with van der Waals surface area (Å²) in [6, 6.07) is 7.79. The first kappa shape index (κ1) is 13.6. The molecule has 0 aliphatic carbocycles. The normalized spacial score (nSPS) is 10.5. The molecule has 4 heteroatoms. The molecule has 0 atom stereocenters. The summed E-state index contributed by atoms with van der Waals surface area (Å²) in [5, 5.41) is 9.81. The Kier molecular flexibility index (Phi) is 3.90. The van der Waals surface area contributed by atoms with Crippen LogP contribution in [0.25, 0.3) is 0 Å². The van der Waals surface area contributed by atoms with E-state index < -0.39 is 5.97 Å². The van der Waals surface area contributed by atoms with Crippen LogP contribution in [0.2, 0.25) is 0 Å². The molecule has 2 aromatic rings. The fourth-order valence-corrected chi connectivity index (χ4v) is 2.82. The fourth-order valence-electron chi connectivity index (χ4n) is 1.76. The van der Waals surface area contributed by atoms with Gasteiger partial charge in [-0.15, -0.1) is 0 Å². The van der Waals surface area contributed by atoms with Crippen LogP contribution in [0.1, 0.15) is 27.0 Å². The highest BCUT2D eigenvalue weighted by molar-refractivity contribution is 7.99. The number of rotatable bonds is 3. The number of carboxylic acid groups (broad SMARTS) is 1. The molecule has 2 rings (SSSR count). The lowest BCUT2D eigenvalue weighted by Gasteiger charge is -2.08. The molecule has 1 aromatic carbocycles. The maximum Gasteiger partial charge on any atom is 0.338 e. The second-order valence-corrected chi connectivity index (χ2v) is 5.52. The van der Waals surface area contributed by atoms with Crippen molar-refractivity contribution in [3.63, 3.8) is 0 Å². The van der Waals surface area contributed by atoms with Crippen molar-refractivity contribution in [2.75, 3.05) is 0 Å². The number of hydrogen-bond acceptors (Lipinski definition) is 3. The van der Waals surface area contributed by atoms with Crippen LogP contribution < -0.4 is 0 Å². The SMILES string of the molecule is Cc1ccc(Sc2nccc(C)c2C(=O)O)cc1C. The Bertz CT molecular complexity index is 638. The zero-order valence-corrected chi connectivity index (χ0v) is 11.9. The highest BCUT2D eigenvalue weighted by Gasteiger charge is 2.15. The van der Waals surface area contributed by atoms with Gasteiger partial charge in [-0.1, -0.05) is 17.8 Å². The van der Waals surface area contributed by atoms with Crippen LogP contribution in [0.3, 0.4) is 0 Å². The van der Waals surface area contributed by atoms with Gasteiger partial charge >= 0.3 is 5.97 Å². The molecule has 1 aromatic heterocycles. The zero-order chi connectivity index (χ0) is 14.0. The second-order valence-electron chi connectivity index (χ2n) is 4.46. The van der Waals surface area contributed by atoms with Gasteiger partial charge in [0, 0.05) is 11.1 Å². The number of benzene rings is 1. The summed E-state index contributed by atoms with van der Waals surface area (Å²) in [5.41, 5.74) is 3.43. The van der Waals surface area contributed by atoms with E-state index in [-0.39, 0.29) is 5.56 Å². The first-order chi connectivity index (χ1) is 8.99. The number of nitrogens with zero attached hydrogens (tertiary/aromatic N) is 1. The van der Waals surface area contributed by atoms with Crippen molar-refractivity contribution in [1.82, 2.24) is 4.98 Å². The van der Waals surface area contributed by atoms with E-state index in [1.807, 2.05) is 19.1 Å². The van der Waals surface area contributed by atoms with E-state index in [0.717, 1.165) is 10.5 Å². The van der Waals surface area contributed by atoms with Crippen LogP contribution in [-0.2, 0) is 0 Å². The topological polar surface area (TPSA) is 50.2 Å². The molecule has 0 spiro atoms. The number of carbonyl (C=O) groups is 1. The molecular formula is C15H15NO2S. The molecule has 0 aliphatic rings. The molecule has 0 unspecified atom stereocenters. The average molecular weight is 273 g/mol. The first-order valence-corrected chi connectivity index (χ1v) is 6.74. The summed E-state index contributed by atoms with van der Waals surface area (Å²) in [6.45, 7) is 5.88. The minimum absolute atomic E-state index is 0.283. The third-order valence-corrected chi connectivity index (χ3v) is 4.02. The van der Waals surface area contributed by atoms with E-state index in [2.05, 4.69) is 18.0 Å². The summed E-state index contributed by atoms with van der Waals surface area (Å²) in [7, 11) is 0. The second kappa shape index (κ2) is 5.45. The van der Waals surface area contributed by atoms with Crippen molar-refractivity contribution in [3.8, 4) is 0 Å². The molecule has 1 heterocycles. The first-order valence-electron chi connectivity index (χ1n) is 5.93. The van der Waals surface area contributed by atoms with Crippen LogP contribution in [0, 0.1) is 20.8 Å². The van der Waals surface area contributed by atoms with Crippen molar-refractivity contribution in [3.05, 3.63) is 52.7 Å². The molecule has 0 aliphatic heterocycles. The zero-order valence-electron chi connectivity index (χ0n) is 11.1. The molecule has 0 radical (unpaired) electrons. The number of aromatic nitrogens is 1. The van der Waals surface area contributed by atoms with Gasteiger partial charge in [0.1, 0.15) is 5.03 Å². The minimum atomic E-state index is -0.933. The van der Waals surface area contributed by atoms with Crippen molar-refractivity contribution >= 4 is 17.7 Å². The van der Waals surface area contributed by atoms with Gasteiger partial charge in [0.05, 0.1) is 5.56 Å². The van der Waals surface area contributed by atoms with Gasteiger partial charge in [-0.3, -0.25) is 0 Å². The number of hydrogen-bond donors (Lipinski definition) is 1. The lowest BCUT2D eigenvalue weighted by atomic mass is 10.1. The van der Waals surface area contributed by atoms with Gasteiger partial charge in [0.25, 0.3) is 0 Å². The number of carboxylic acids is 1. The fraction of sp³-hybridized carbons (Fsp3) is 0.200.